The van der Waals surface area contributed by atoms with E-state index in [4.69, 9.17) is 4.74 Å². The van der Waals surface area contributed by atoms with Crippen molar-refractivity contribution in [2.45, 2.75) is 33.2 Å². The molecule has 0 atom stereocenters. The van der Waals surface area contributed by atoms with Gasteiger partial charge in [0.25, 0.3) is 0 Å². The summed E-state index contributed by atoms with van der Waals surface area (Å²) in [5, 5.41) is 0. The number of rotatable bonds is 4. The SMILES string of the molecule is CC1(C)CC(=O)N(c2ccc(OC(=O)N3CCN(Cc4ccccn4)CC3)nc2)C(=O)C1. The Morgan fingerprint density at radius 2 is 1.72 bits per heavy atom. The molecule has 0 bridgehead atoms. The van der Waals surface area contributed by atoms with Gasteiger partial charge in [-0.15, -0.1) is 0 Å². The lowest BCUT2D eigenvalue weighted by Crippen LogP contribution is -2.49. The molecular weight excluding hydrogens is 410 g/mol. The largest absolute Gasteiger partial charge is 0.416 e. The van der Waals surface area contributed by atoms with E-state index in [1.807, 2.05) is 32.0 Å². The van der Waals surface area contributed by atoms with Crippen molar-refractivity contribution in [1.29, 1.82) is 0 Å². The van der Waals surface area contributed by atoms with Crippen molar-refractivity contribution in [3.8, 4) is 5.88 Å². The fourth-order valence-corrected chi connectivity index (χ4v) is 3.99. The molecule has 4 heterocycles. The summed E-state index contributed by atoms with van der Waals surface area (Å²) in [4.78, 5) is 50.8. The van der Waals surface area contributed by atoms with E-state index < -0.39 is 6.09 Å². The van der Waals surface area contributed by atoms with Gasteiger partial charge in [-0.3, -0.25) is 19.5 Å². The number of pyridine rings is 2. The van der Waals surface area contributed by atoms with Gasteiger partial charge in [0.1, 0.15) is 0 Å². The highest BCUT2D eigenvalue weighted by atomic mass is 16.6. The number of hydrogen-bond donors (Lipinski definition) is 0. The molecule has 0 spiro atoms. The Balaban J connectivity index is 1.30. The average Bonchev–Trinajstić information content (AvgIpc) is 2.75. The van der Waals surface area contributed by atoms with Crippen LogP contribution in [0.3, 0.4) is 0 Å². The monoisotopic (exact) mass is 437 g/mol. The number of anilines is 1. The molecule has 3 amide bonds. The number of imide groups is 1. The molecule has 2 aliphatic heterocycles. The number of aromatic nitrogens is 2. The van der Waals surface area contributed by atoms with E-state index in [0.717, 1.165) is 30.2 Å². The fourth-order valence-electron chi connectivity index (χ4n) is 3.99. The predicted molar refractivity (Wildman–Crippen MR) is 117 cm³/mol. The lowest BCUT2D eigenvalue weighted by molar-refractivity contribution is -0.132. The minimum atomic E-state index is -0.463. The minimum Gasteiger partial charge on any atom is -0.391 e. The van der Waals surface area contributed by atoms with Crippen LogP contribution in [0.5, 0.6) is 5.88 Å². The van der Waals surface area contributed by atoms with E-state index in [1.165, 1.54) is 12.3 Å². The van der Waals surface area contributed by atoms with Gasteiger partial charge in [0.15, 0.2) is 0 Å². The first kappa shape index (κ1) is 21.9. The van der Waals surface area contributed by atoms with Crippen LogP contribution in [0.2, 0.25) is 0 Å². The molecule has 9 nitrogen and oxygen atoms in total. The van der Waals surface area contributed by atoms with Crippen molar-refractivity contribution in [2.24, 2.45) is 5.41 Å². The summed E-state index contributed by atoms with van der Waals surface area (Å²) in [5.41, 5.74) is 1.05. The smallest absolute Gasteiger partial charge is 0.391 e. The van der Waals surface area contributed by atoms with E-state index in [-0.39, 0.29) is 23.1 Å². The third-order valence-electron chi connectivity index (χ3n) is 5.67. The summed E-state index contributed by atoms with van der Waals surface area (Å²) < 4.78 is 5.39. The Morgan fingerprint density at radius 3 is 2.31 bits per heavy atom. The molecule has 0 saturated carbocycles. The lowest BCUT2D eigenvalue weighted by atomic mass is 9.81. The van der Waals surface area contributed by atoms with Crippen molar-refractivity contribution in [3.63, 3.8) is 0 Å². The van der Waals surface area contributed by atoms with Crippen LogP contribution in [0.15, 0.2) is 42.7 Å². The number of piperazine rings is 1. The Morgan fingerprint density at radius 1 is 1.00 bits per heavy atom. The number of amides is 3. The quantitative estimate of drug-likeness (QED) is 0.678. The second-order valence-corrected chi connectivity index (χ2v) is 8.95. The molecule has 0 radical (unpaired) electrons. The van der Waals surface area contributed by atoms with E-state index in [9.17, 15) is 14.4 Å². The highest BCUT2D eigenvalue weighted by Gasteiger charge is 2.38. The third-order valence-corrected chi connectivity index (χ3v) is 5.67. The van der Waals surface area contributed by atoms with Gasteiger partial charge in [0.2, 0.25) is 17.7 Å². The summed E-state index contributed by atoms with van der Waals surface area (Å²) in [6.45, 7) is 7.12. The maximum Gasteiger partial charge on any atom is 0.416 e. The summed E-state index contributed by atoms with van der Waals surface area (Å²) in [5.74, 6) is -0.366. The van der Waals surface area contributed by atoms with Gasteiger partial charge in [-0.1, -0.05) is 19.9 Å². The van der Waals surface area contributed by atoms with Crippen LogP contribution >= 0.6 is 0 Å². The highest BCUT2D eigenvalue weighted by molar-refractivity contribution is 6.16. The summed E-state index contributed by atoms with van der Waals surface area (Å²) in [7, 11) is 0. The Labute approximate surface area is 187 Å². The van der Waals surface area contributed by atoms with E-state index in [1.54, 1.807) is 17.2 Å². The second kappa shape index (κ2) is 9.04. The van der Waals surface area contributed by atoms with Crippen molar-refractivity contribution in [3.05, 3.63) is 48.4 Å². The maximum absolute atomic E-state index is 12.5. The zero-order valence-corrected chi connectivity index (χ0v) is 18.4. The number of hydrogen-bond acceptors (Lipinski definition) is 7. The van der Waals surface area contributed by atoms with Crippen molar-refractivity contribution in [2.75, 3.05) is 31.1 Å². The Hall–Kier alpha value is -3.33. The second-order valence-electron chi connectivity index (χ2n) is 8.95. The van der Waals surface area contributed by atoms with Gasteiger partial charge in [-0.25, -0.2) is 14.7 Å². The summed E-state index contributed by atoms with van der Waals surface area (Å²) >= 11 is 0. The normalized spacial score (nSPS) is 19.2. The standard InChI is InChI=1S/C23H27N5O4/c1-23(2)13-20(29)28(21(30)14-23)18-6-7-19(25-15-18)32-22(31)27-11-9-26(10-12-27)16-17-5-3-4-8-24-17/h3-8,15H,9-14,16H2,1-2H3. The highest BCUT2D eigenvalue weighted by Crippen LogP contribution is 2.34. The van der Waals surface area contributed by atoms with Crippen LogP contribution in [0, 0.1) is 5.41 Å². The Bertz CT molecular complexity index is 965. The molecule has 168 valence electrons. The molecular formula is C23H27N5O4. The van der Waals surface area contributed by atoms with Crippen LogP contribution in [-0.4, -0.2) is 63.9 Å². The van der Waals surface area contributed by atoms with E-state index >= 15 is 0 Å². The van der Waals surface area contributed by atoms with Crippen molar-refractivity contribution >= 4 is 23.6 Å². The van der Waals surface area contributed by atoms with Gasteiger partial charge in [-0.05, 0) is 23.6 Å². The molecule has 9 heteroatoms. The van der Waals surface area contributed by atoms with Crippen LogP contribution in [0.4, 0.5) is 10.5 Å². The van der Waals surface area contributed by atoms with Gasteiger partial charge >= 0.3 is 6.09 Å². The van der Waals surface area contributed by atoms with Crippen LogP contribution in [-0.2, 0) is 16.1 Å². The molecule has 32 heavy (non-hydrogen) atoms. The van der Waals surface area contributed by atoms with Crippen LogP contribution in [0.25, 0.3) is 0 Å². The molecule has 0 N–H and O–H groups in total. The number of nitrogens with zero attached hydrogens (tertiary/aromatic N) is 5. The molecule has 2 aromatic heterocycles. The first-order valence-corrected chi connectivity index (χ1v) is 10.7. The third kappa shape index (κ3) is 5.11. The van der Waals surface area contributed by atoms with Gasteiger partial charge in [0, 0.05) is 57.8 Å². The number of carbonyl (C=O) groups excluding carboxylic acids is 3. The molecule has 2 saturated heterocycles. The average molecular weight is 438 g/mol. The van der Waals surface area contributed by atoms with Gasteiger partial charge < -0.3 is 9.64 Å². The molecule has 2 fully saturated rings. The van der Waals surface area contributed by atoms with E-state index in [0.29, 0.717) is 31.6 Å². The molecule has 2 aliphatic rings. The topological polar surface area (TPSA) is 95.9 Å². The zero-order valence-electron chi connectivity index (χ0n) is 18.4. The van der Waals surface area contributed by atoms with Crippen LogP contribution < -0.4 is 9.64 Å². The van der Waals surface area contributed by atoms with Crippen molar-refractivity contribution < 1.29 is 19.1 Å². The zero-order chi connectivity index (χ0) is 22.7. The first-order chi connectivity index (χ1) is 15.3. The minimum absolute atomic E-state index is 0.131. The fraction of sp³-hybridized carbons (Fsp3) is 0.435. The predicted octanol–water partition coefficient (Wildman–Crippen LogP) is 2.47. The summed E-state index contributed by atoms with van der Waals surface area (Å²) in [6.07, 6.45) is 3.29. The molecule has 0 aliphatic carbocycles. The van der Waals surface area contributed by atoms with E-state index in [2.05, 4.69) is 14.9 Å². The number of carbonyl (C=O) groups is 3. The molecule has 4 rings (SSSR count). The van der Waals surface area contributed by atoms with Gasteiger partial charge in [0.05, 0.1) is 17.6 Å². The van der Waals surface area contributed by atoms with Crippen molar-refractivity contribution in [1.82, 2.24) is 19.8 Å². The molecule has 2 aromatic rings. The number of ether oxygens (including phenoxy) is 1. The van der Waals surface area contributed by atoms with Crippen LogP contribution in [0.1, 0.15) is 32.4 Å². The summed E-state index contributed by atoms with van der Waals surface area (Å²) in [6, 6.07) is 8.92. The maximum atomic E-state index is 12.5. The lowest BCUT2D eigenvalue weighted by Gasteiger charge is -2.34. The first-order valence-electron chi connectivity index (χ1n) is 10.7. The number of piperidine rings is 1. The molecule has 0 aromatic carbocycles. The van der Waals surface area contributed by atoms with Gasteiger partial charge in [-0.2, -0.15) is 0 Å². The Kier molecular flexibility index (Phi) is 6.18. The molecule has 0 unspecified atom stereocenters.